The van der Waals surface area contributed by atoms with E-state index >= 15 is 0 Å². The predicted molar refractivity (Wildman–Crippen MR) is 95.3 cm³/mol. The topological polar surface area (TPSA) is 36.0 Å². The number of rotatable bonds is 8. The Hall–Kier alpha value is -1.17. The maximum absolute atomic E-state index is 12.7. The van der Waals surface area contributed by atoms with Crippen LogP contribution in [0, 0.1) is 0 Å². The van der Waals surface area contributed by atoms with Crippen molar-refractivity contribution in [3.8, 4) is 5.75 Å². The molecule has 0 aliphatic heterocycles. The maximum Gasteiger partial charge on any atom is 0.353 e. The molecule has 0 fully saturated rings. The molecule has 0 aromatic heterocycles. The molecule has 130 valence electrons. The Kier molecular flexibility index (Phi) is 8.52. The molecular weight excluding hydrogens is 337 g/mol. The molecule has 2 amide bonds. The molecule has 0 heterocycles. The average Bonchev–Trinajstić information content (AvgIpc) is 2.47. The fraction of sp³-hybridized carbons (Fsp3) is 0.562. The third kappa shape index (κ3) is 6.85. The normalized spacial score (nSPS) is 10.7. The molecule has 0 saturated heterocycles. The summed E-state index contributed by atoms with van der Waals surface area (Å²) in [7, 11) is 3.89. The number of benzene rings is 1. The zero-order chi connectivity index (χ0) is 17.4. The van der Waals surface area contributed by atoms with Crippen LogP contribution >= 0.6 is 23.2 Å². The van der Waals surface area contributed by atoms with E-state index in [1.165, 1.54) is 5.06 Å². The fourth-order valence-electron chi connectivity index (χ4n) is 2.00. The number of carbonyl (C=O) groups excluding carboxylic acids is 1. The molecule has 1 rings (SSSR count). The lowest BCUT2D eigenvalue weighted by atomic mass is 10.3. The summed E-state index contributed by atoms with van der Waals surface area (Å²) in [5.74, 6) is 0.446. The van der Waals surface area contributed by atoms with Crippen LogP contribution in [0.15, 0.2) is 18.2 Å². The van der Waals surface area contributed by atoms with Crippen molar-refractivity contribution in [3.63, 3.8) is 0 Å². The van der Waals surface area contributed by atoms with E-state index in [0.717, 1.165) is 6.42 Å². The Morgan fingerprint density at radius 1 is 1.04 bits per heavy atom. The minimum absolute atomic E-state index is 0.160. The zero-order valence-electron chi connectivity index (χ0n) is 14.2. The maximum atomic E-state index is 12.7. The Bertz CT molecular complexity index is 492. The lowest BCUT2D eigenvalue weighted by Crippen LogP contribution is -2.47. The van der Waals surface area contributed by atoms with E-state index in [1.807, 2.05) is 32.8 Å². The van der Waals surface area contributed by atoms with E-state index < -0.39 is 0 Å². The van der Waals surface area contributed by atoms with E-state index in [1.54, 1.807) is 23.1 Å². The molecule has 23 heavy (non-hydrogen) atoms. The predicted octanol–water partition coefficient (Wildman–Crippen LogP) is 4.00. The third-order valence-corrected chi connectivity index (χ3v) is 3.60. The first kappa shape index (κ1) is 19.9. The molecule has 0 radical (unpaired) electrons. The second-order valence-electron chi connectivity index (χ2n) is 5.46. The van der Waals surface area contributed by atoms with Crippen molar-refractivity contribution < 1.29 is 9.63 Å². The number of amides is 2. The van der Waals surface area contributed by atoms with Gasteiger partial charge in [-0.25, -0.2) is 4.79 Å². The van der Waals surface area contributed by atoms with Gasteiger partial charge in [0.1, 0.15) is 0 Å². The molecule has 0 spiro atoms. The molecule has 7 heteroatoms. The molecule has 0 bridgehead atoms. The highest BCUT2D eigenvalue weighted by Gasteiger charge is 2.21. The van der Waals surface area contributed by atoms with E-state index in [9.17, 15) is 4.79 Å². The van der Waals surface area contributed by atoms with Gasteiger partial charge in [0.15, 0.2) is 5.75 Å². The van der Waals surface area contributed by atoms with Crippen LogP contribution in [0.2, 0.25) is 10.0 Å². The van der Waals surface area contributed by atoms with Gasteiger partial charge in [-0.05, 0) is 33.5 Å². The van der Waals surface area contributed by atoms with Crippen molar-refractivity contribution in [2.24, 2.45) is 0 Å². The molecule has 0 aliphatic carbocycles. The second-order valence-corrected chi connectivity index (χ2v) is 6.34. The van der Waals surface area contributed by atoms with Gasteiger partial charge >= 0.3 is 6.03 Å². The smallest absolute Gasteiger partial charge is 0.353 e. The van der Waals surface area contributed by atoms with E-state index in [2.05, 4.69) is 0 Å². The highest BCUT2D eigenvalue weighted by Crippen LogP contribution is 2.25. The fourth-order valence-corrected chi connectivity index (χ4v) is 2.50. The van der Waals surface area contributed by atoms with Gasteiger partial charge in [-0.2, -0.15) is 5.06 Å². The Morgan fingerprint density at radius 2 is 1.65 bits per heavy atom. The second kappa shape index (κ2) is 9.85. The van der Waals surface area contributed by atoms with Crippen LogP contribution in [0.1, 0.15) is 20.3 Å². The summed E-state index contributed by atoms with van der Waals surface area (Å²) < 4.78 is 0. The lowest BCUT2D eigenvalue weighted by molar-refractivity contribution is -0.0311. The Balaban J connectivity index is 2.92. The Morgan fingerprint density at radius 3 is 2.13 bits per heavy atom. The van der Waals surface area contributed by atoms with Gasteiger partial charge in [0.25, 0.3) is 0 Å². The zero-order valence-corrected chi connectivity index (χ0v) is 15.7. The number of hydrogen-bond donors (Lipinski definition) is 0. The standard InChI is InChI=1S/C16H25Cl2N3O2/c1-5-7-20(6-2)16(22)21(9-8-19(3)4)23-15-11-13(17)10-14(18)12-15/h10-12H,5-9H2,1-4H3. The first-order chi connectivity index (χ1) is 10.9. The van der Waals surface area contributed by atoms with Crippen LogP contribution in [0.5, 0.6) is 5.75 Å². The number of nitrogens with zero attached hydrogens (tertiary/aromatic N) is 3. The first-order valence-corrected chi connectivity index (χ1v) is 8.48. The van der Waals surface area contributed by atoms with Crippen molar-refractivity contribution in [2.75, 3.05) is 40.3 Å². The van der Waals surface area contributed by atoms with E-state index in [0.29, 0.717) is 42.0 Å². The van der Waals surface area contributed by atoms with Gasteiger partial charge in [0, 0.05) is 41.8 Å². The number of likely N-dealkylation sites (N-methyl/N-ethyl adjacent to an activating group) is 1. The summed E-state index contributed by atoms with van der Waals surface area (Å²) in [6, 6.07) is 4.74. The van der Waals surface area contributed by atoms with Crippen LogP contribution in [0.25, 0.3) is 0 Å². The van der Waals surface area contributed by atoms with Gasteiger partial charge in [-0.1, -0.05) is 30.1 Å². The van der Waals surface area contributed by atoms with Crippen LogP contribution in [-0.4, -0.2) is 61.2 Å². The van der Waals surface area contributed by atoms with Gasteiger partial charge in [-0.3, -0.25) is 0 Å². The highest BCUT2D eigenvalue weighted by atomic mass is 35.5. The van der Waals surface area contributed by atoms with Gasteiger partial charge < -0.3 is 14.6 Å². The summed E-state index contributed by atoms with van der Waals surface area (Å²) in [6.07, 6.45) is 0.893. The van der Waals surface area contributed by atoms with E-state index in [-0.39, 0.29) is 6.03 Å². The molecule has 0 saturated carbocycles. The molecule has 0 N–H and O–H groups in total. The van der Waals surface area contributed by atoms with Crippen molar-refractivity contribution in [2.45, 2.75) is 20.3 Å². The number of hydroxylamine groups is 2. The van der Waals surface area contributed by atoms with Crippen molar-refractivity contribution in [1.29, 1.82) is 0 Å². The summed E-state index contributed by atoms with van der Waals surface area (Å²) in [5.41, 5.74) is 0. The van der Waals surface area contributed by atoms with Crippen molar-refractivity contribution in [1.82, 2.24) is 14.9 Å². The van der Waals surface area contributed by atoms with E-state index in [4.69, 9.17) is 28.0 Å². The SMILES string of the molecule is CCCN(CC)C(=O)N(CCN(C)C)Oc1cc(Cl)cc(Cl)c1. The molecule has 1 aromatic carbocycles. The average molecular weight is 362 g/mol. The summed E-state index contributed by atoms with van der Waals surface area (Å²) >= 11 is 12.0. The minimum atomic E-state index is -0.160. The first-order valence-electron chi connectivity index (χ1n) is 7.72. The molecule has 0 atom stereocenters. The quantitative estimate of drug-likeness (QED) is 0.656. The molecule has 0 aliphatic rings. The summed E-state index contributed by atoms with van der Waals surface area (Å²) in [5, 5.41) is 2.29. The molecule has 1 aromatic rings. The number of urea groups is 1. The lowest BCUT2D eigenvalue weighted by Gasteiger charge is -2.30. The summed E-state index contributed by atoms with van der Waals surface area (Å²) in [6.45, 7) is 6.43. The van der Waals surface area contributed by atoms with Crippen LogP contribution in [0.4, 0.5) is 4.79 Å². The van der Waals surface area contributed by atoms with Crippen LogP contribution in [-0.2, 0) is 0 Å². The monoisotopic (exact) mass is 361 g/mol. The van der Waals surface area contributed by atoms with Crippen LogP contribution in [0.3, 0.4) is 0 Å². The molecule has 5 nitrogen and oxygen atoms in total. The molecular formula is C16H25Cl2N3O2. The number of carbonyl (C=O) groups is 1. The van der Waals surface area contributed by atoms with Gasteiger partial charge in [-0.15, -0.1) is 0 Å². The summed E-state index contributed by atoms with van der Waals surface area (Å²) in [4.78, 5) is 22.2. The third-order valence-electron chi connectivity index (χ3n) is 3.16. The minimum Gasteiger partial charge on any atom is -0.375 e. The van der Waals surface area contributed by atoms with Crippen molar-refractivity contribution in [3.05, 3.63) is 28.2 Å². The van der Waals surface area contributed by atoms with Gasteiger partial charge in [0.05, 0.1) is 6.54 Å². The number of halogens is 2. The molecule has 0 unspecified atom stereocenters. The Labute approximate surface area is 148 Å². The van der Waals surface area contributed by atoms with Crippen molar-refractivity contribution >= 4 is 29.2 Å². The largest absolute Gasteiger partial charge is 0.375 e. The van der Waals surface area contributed by atoms with Gasteiger partial charge in [0.2, 0.25) is 0 Å². The van der Waals surface area contributed by atoms with Crippen LogP contribution < -0.4 is 4.84 Å². The highest BCUT2D eigenvalue weighted by molar-refractivity contribution is 6.34. The number of hydrogen-bond acceptors (Lipinski definition) is 3.